The van der Waals surface area contributed by atoms with Crippen LogP contribution in [0.25, 0.3) is 0 Å². The lowest BCUT2D eigenvalue weighted by Gasteiger charge is -2.16. The average Bonchev–Trinajstić information content (AvgIpc) is 2.47. The van der Waals surface area contributed by atoms with Crippen molar-refractivity contribution < 1.29 is 4.79 Å². The van der Waals surface area contributed by atoms with Gasteiger partial charge in [0.05, 0.1) is 12.1 Å². The van der Waals surface area contributed by atoms with E-state index in [1.807, 2.05) is 36.4 Å². The van der Waals surface area contributed by atoms with Crippen molar-refractivity contribution in [3.63, 3.8) is 0 Å². The van der Waals surface area contributed by atoms with Gasteiger partial charge in [-0.2, -0.15) is 0 Å². The first-order valence-electron chi connectivity index (χ1n) is 6.10. The number of benzene rings is 2. The number of nitrogens with one attached hydrogen (secondary N) is 1. The number of hydrogen-bond donors (Lipinski definition) is 1. The summed E-state index contributed by atoms with van der Waals surface area (Å²) in [5.41, 5.74) is 1.80. The second-order valence-corrected chi connectivity index (χ2v) is 6.15. The first kappa shape index (κ1) is 13.4. The number of amidine groups is 1. The second-order valence-electron chi connectivity index (χ2n) is 4.27. The van der Waals surface area contributed by atoms with Crippen LogP contribution in [0.2, 0.25) is 0 Å². The van der Waals surface area contributed by atoms with Crippen molar-refractivity contribution >= 4 is 38.8 Å². The number of carbonyl (C=O) groups excluding carboxylic acids is 1. The van der Waals surface area contributed by atoms with Crippen LogP contribution in [-0.4, -0.2) is 11.1 Å². The van der Waals surface area contributed by atoms with Gasteiger partial charge in [0.1, 0.15) is 0 Å². The maximum Gasteiger partial charge on any atom is 0.258 e. The molecule has 0 aromatic heterocycles. The number of amides is 1. The molecule has 0 spiro atoms. The fraction of sp³-hybridized carbons (Fsp3) is 0.0667. The molecule has 0 aliphatic carbocycles. The quantitative estimate of drug-likeness (QED) is 0.852. The summed E-state index contributed by atoms with van der Waals surface area (Å²) in [6, 6.07) is 15.4. The van der Waals surface area contributed by atoms with Gasteiger partial charge in [0, 0.05) is 9.37 Å². The van der Waals surface area contributed by atoms with Gasteiger partial charge in [0.2, 0.25) is 0 Å². The summed E-state index contributed by atoms with van der Waals surface area (Å²) >= 11 is 4.87. The molecule has 1 N–H and O–H groups in total. The van der Waals surface area contributed by atoms with Crippen molar-refractivity contribution in [1.82, 2.24) is 5.32 Å². The molecular formula is C15H11BrN2OS. The minimum atomic E-state index is -0.150. The summed E-state index contributed by atoms with van der Waals surface area (Å²) in [5.74, 6) is -0.150. The van der Waals surface area contributed by atoms with Crippen molar-refractivity contribution in [2.75, 3.05) is 0 Å². The number of nitrogens with zero attached hydrogens (tertiary/aromatic N) is 1. The lowest BCUT2D eigenvalue weighted by Crippen LogP contribution is -2.29. The molecule has 0 radical (unpaired) electrons. The predicted molar refractivity (Wildman–Crippen MR) is 85.0 cm³/mol. The van der Waals surface area contributed by atoms with Crippen LogP contribution < -0.4 is 5.32 Å². The Kier molecular flexibility index (Phi) is 3.89. The van der Waals surface area contributed by atoms with E-state index in [0.29, 0.717) is 17.3 Å². The summed E-state index contributed by atoms with van der Waals surface area (Å²) in [6.45, 7) is 0.606. The Morgan fingerprint density at radius 3 is 2.75 bits per heavy atom. The lowest BCUT2D eigenvalue weighted by molar-refractivity contribution is 0.0977. The monoisotopic (exact) mass is 346 g/mol. The number of fused-ring (bicyclic) bond motifs is 1. The Morgan fingerprint density at radius 1 is 1.15 bits per heavy atom. The van der Waals surface area contributed by atoms with Gasteiger partial charge in [-0.25, -0.2) is 0 Å². The van der Waals surface area contributed by atoms with E-state index >= 15 is 0 Å². The number of hydrogen-bond acceptors (Lipinski definition) is 3. The Bertz CT molecular complexity index is 700. The molecule has 1 amide bonds. The molecule has 1 aliphatic heterocycles. The minimum absolute atomic E-state index is 0.150. The van der Waals surface area contributed by atoms with E-state index in [4.69, 9.17) is 0 Å². The Labute approximate surface area is 129 Å². The summed E-state index contributed by atoms with van der Waals surface area (Å²) in [7, 11) is 0. The predicted octanol–water partition coefficient (Wildman–Crippen LogP) is 3.84. The van der Waals surface area contributed by atoms with E-state index < -0.39 is 0 Å². The van der Waals surface area contributed by atoms with Crippen molar-refractivity contribution in [2.24, 2.45) is 4.99 Å². The maximum atomic E-state index is 12.2. The summed E-state index contributed by atoms with van der Waals surface area (Å²) in [6.07, 6.45) is 0. The number of rotatable bonds is 1. The highest BCUT2D eigenvalue weighted by atomic mass is 79.9. The van der Waals surface area contributed by atoms with Gasteiger partial charge in [-0.3, -0.25) is 9.79 Å². The zero-order chi connectivity index (χ0) is 13.9. The van der Waals surface area contributed by atoms with Crippen LogP contribution in [-0.2, 0) is 6.54 Å². The molecule has 0 saturated carbocycles. The molecule has 2 aromatic rings. The molecule has 0 fully saturated rings. The van der Waals surface area contributed by atoms with Crippen LogP contribution in [0.3, 0.4) is 0 Å². The number of halogens is 1. The van der Waals surface area contributed by atoms with E-state index in [0.717, 1.165) is 9.37 Å². The molecule has 2 aromatic carbocycles. The molecule has 1 heterocycles. The number of thioether (sulfide) groups is 1. The molecule has 100 valence electrons. The maximum absolute atomic E-state index is 12.2. The highest BCUT2D eigenvalue weighted by Gasteiger charge is 2.16. The highest BCUT2D eigenvalue weighted by molar-refractivity contribution is 9.10. The van der Waals surface area contributed by atoms with Crippen LogP contribution in [0.1, 0.15) is 15.9 Å². The third kappa shape index (κ3) is 2.78. The van der Waals surface area contributed by atoms with Gasteiger partial charge in [0.25, 0.3) is 5.91 Å². The van der Waals surface area contributed by atoms with E-state index in [2.05, 4.69) is 32.3 Å². The van der Waals surface area contributed by atoms with Crippen LogP contribution in [0, 0.1) is 0 Å². The highest BCUT2D eigenvalue weighted by Crippen LogP contribution is 2.28. The second kappa shape index (κ2) is 5.81. The van der Waals surface area contributed by atoms with Crippen LogP contribution in [0.4, 0.5) is 0 Å². The Hall–Kier alpha value is -1.59. The Balaban J connectivity index is 1.76. The van der Waals surface area contributed by atoms with Gasteiger partial charge < -0.3 is 5.32 Å². The molecular weight excluding hydrogens is 336 g/mol. The molecule has 3 rings (SSSR count). The van der Waals surface area contributed by atoms with Gasteiger partial charge in [0.15, 0.2) is 5.17 Å². The average molecular weight is 347 g/mol. The standard InChI is InChI=1S/C15H11BrN2OS/c16-12-7-3-2-6-11(12)14(19)18-15-17-9-10-5-1-4-8-13(10)20-15/h1-8H,9H2,(H,17,18,19). The first-order valence-corrected chi connectivity index (χ1v) is 7.71. The van der Waals surface area contributed by atoms with Gasteiger partial charge >= 0.3 is 0 Å². The zero-order valence-corrected chi connectivity index (χ0v) is 12.9. The molecule has 0 bridgehead atoms. The third-order valence-corrected chi connectivity index (χ3v) is 4.65. The topological polar surface area (TPSA) is 41.5 Å². The third-order valence-electron chi connectivity index (χ3n) is 2.91. The Morgan fingerprint density at radius 2 is 1.90 bits per heavy atom. The SMILES string of the molecule is O=C(NC1=NCc2ccccc2S1)c1ccccc1Br. The summed E-state index contributed by atoms with van der Waals surface area (Å²) < 4.78 is 0.777. The van der Waals surface area contributed by atoms with Crippen LogP contribution in [0.15, 0.2) is 62.9 Å². The van der Waals surface area contributed by atoms with E-state index in [1.165, 1.54) is 17.3 Å². The van der Waals surface area contributed by atoms with Gasteiger partial charge in [-0.05, 0) is 39.7 Å². The molecule has 0 atom stereocenters. The van der Waals surface area contributed by atoms with Crippen LogP contribution >= 0.6 is 27.7 Å². The molecule has 0 saturated heterocycles. The minimum Gasteiger partial charge on any atom is -0.301 e. The number of aliphatic imine (C=N–C) groups is 1. The molecule has 3 nitrogen and oxygen atoms in total. The number of carbonyl (C=O) groups is 1. The summed E-state index contributed by atoms with van der Waals surface area (Å²) in [4.78, 5) is 17.8. The molecule has 5 heteroatoms. The lowest BCUT2D eigenvalue weighted by atomic mass is 10.2. The fourth-order valence-corrected chi connectivity index (χ4v) is 3.26. The van der Waals surface area contributed by atoms with E-state index in [1.54, 1.807) is 6.07 Å². The smallest absolute Gasteiger partial charge is 0.258 e. The largest absolute Gasteiger partial charge is 0.301 e. The first-order chi connectivity index (χ1) is 9.74. The normalized spacial score (nSPS) is 13.3. The van der Waals surface area contributed by atoms with Gasteiger partial charge in [-0.15, -0.1) is 0 Å². The van der Waals surface area contributed by atoms with Crippen molar-refractivity contribution in [2.45, 2.75) is 11.4 Å². The van der Waals surface area contributed by atoms with E-state index in [9.17, 15) is 4.79 Å². The van der Waals surface area contributed by atoms with Gasteiger partial charge in [-0.1, -0.05) is 42.1 Å². The van der Waals surface area contributed by atoms with Crippen molar-refractivity contribution in [1.29, 1.82) is 0 Å². The van der Waals surface area contributed by atoms with Crippen LogP contribution in [0.5, 0.6) is 0 Å². The zero-order valence-electron chi connectivity index (χ0n) is 10.5. The van der Waals surface area contributed by atoms with Crippen molar-refractivity contribution in [3.05, 3.63) is 64.1 Å². The summed E-state index contributed by atoms with van der Waals surface area (Å²) in [5, 5.41) is 3.50. The molecule has 20 heavy (non-hydrogen) atoms. The molecule has 1 aliphatic rings. The van der Waals surface area contributed by atoms with Crippen molar-refractivity contribution in [3.8, 4) is 0 Å². The molecule has 0 unspecified atom stereocenters. The fourth-order valence-electron chi connectivity index (χ4n) is 1.90. The van der Waals surface area contributed by atoms with E-state index in [-0.39, 0.29) is 5.91 Å².